The van der Waals surface area contributed by atoms with Crippen LogP contribution >= 0.6 is 0 Å². The number of rotatable bonds is 4. The van der Waals surface area contributed by atoms with Crippen LogP contribution in [-0.2, 0) is 4.79 Å². The molecule has 3 rings (SSSR count). The van der Waals surface area contributed by atoms with Gasteiger partial charge in [0.15, 0.2) is 0 Å². The number of nitrogens with zero attached hydrogens (tertiary/aromatic N) is 1. The van der Waals surface area contributed by atoms with Crippen molar-refractivity contribution in [1.82, 2.24) is 10.2 Å². The summed E-state index contributed by atoms with van der Waals surface area (Å²) in [5.41, 5.74) is 8.51. The first-order valence-corrected chi connectivity index (χ1v) is 7.38. The molecule has 0 spiro atoms. The highest BCUT2D eigenvalue weighted by molar-refractivity contribution is 5.93. The lowest BCUT2D eigenvalue weighted by Gasteiger charge is -2.17. The molecule has 0 saturated heterocycles. The summed E-state index contributed by atoms with van der Waals surface area (Å²) < 4.78 is 0. The Morgan fingerprint density at radius 3 is 3.05 bits per heavy atom. The summed E-state index contributed by atoms with van der Waals surface area (Å²) in [6.45, 7) is 0.590. The van der Waals surface area contributed by atoms with E-state index in [1.54, 1.807) is 6.20 Å². The van der Waals surface area contributed by atoms with Gasteiger partial charge in [0.1, 0.15) is 0 Å². The number of nitrogens with one attached hydrogen (secondary N) is 2. The van der Waals surface area contributed by atoms with Crippen LogP contribution in [0.4, 0.5) is 5.69 Å². The molecule has 1 fully saturated rings. The second kappa shape index (κ2) is 6.10. The zero-order chi connectivity index (χ0) is 14.7. The van der Waals surface area contributed by atoms with Gasteiger partial charge >= 0.3 is 0 Å². The second-order valence-electron chi connectivity index (χ2n) is 5.57. The maximum Gasteiger partial charge on any atom is 0.227 e. The lowest BCUT2D eigenvalue weighted by atomic mass is 9.95. The second-order valence-corrected chi connectivity index (χ2v) is 5.57. The predicted octanol–water partition coefficient (Wildman–Crippen LogP) is 2.39. The van der Waals surface area contributed by atoms with E-state index in [4.69, 9.17) is 5.73 Å². The molecule has 21 heavy (non-hydrogen) atoms. The van der Waals surface area contributed by atoms with Crippen LogP contribution in [-0.4, -0.2) is 22.6 Å². The monoisotopic (exact) mass is 284 g/mol. The molecule has 2 aromatic rings. The van der Waals surface area contributed by atoms with Crippen molar-refractivity contribution in [2.75, 3.05) is 11.9 Å². The molecule has 2 unspecified atom stereocenters. The van der Waals surface area contributed by atoms with Crippen molar-refractivity contribution >= 4 is 11.6 Å². The summed E-state index contributed by atoms with van der Waals surface area (Å²) in [7, 11) is 0. The number of nitrogens with two attached hydrogens (primary N) is 1. The molecule has 1 aliphatic rings. The van der Waals surface area contributed by atoms with Crippen molar-refractivity contribution in [1.29, 1.82) is 0 Å². The molecule has 1 aromatic carbocycles. The largest absolute Gasteiger partial charge is 0.330 e. The molecule has 5 nitrogen and oxygen atoms in total. The summed E-state index contributed by atoms with van der Waals surface area (Å²) in [5, 5.41) is 9.89. The van der Waals surface area contributed by atoms with Gasteiger partial charge in [0.2, 0.25) is 5.91 Å². The average molecular weight is 284 g/mol. The van der Waals surface area contributed by atoms with Crippen LogP contribution in [0.1, 0.15) is 19.3 Å². The number of anilines is 1. The SMILES string of the molecule is NCC1CCCC1C(=O)Nc1cccc(-c2ccn[nH]2)c1. The Kier molecular flexibility index (Phi) is 4.01. The molecule has 1 aliphatic carbocycles. The van der Waals surface area contributed by atoms with Crippen LogP contribution in [0.3, 0.4) is 0 Å². The van der Waals surface area contributed by atoms with E-state index in [1.807, 2.05) is 30.3 Å². The van der Waals surface area contributed by atoms with Crippen molar-refractivity contribution in [2.24, 2.45) is 17.6 Å². The summed E-state index contributed by atoms with van der Waals surface area (Å²) in [6.07, 6.45) is 4.80. The first-order chi connectivity index (χ1) is 10.3. The zero-order valence-electron chi connectivity index (χ0n) is 11.9. The third-order valence-electron chi connectivity index (χ3n) is 4.24. The Labute approximate surface area is 123 Å². The van der Waals surface area contributed by atoms with Crippen LogP contribution in [0.2, 0.25) is 0 Å². The minimum atomic E-state index is 0.0470. The fraction of sp³-hybridized carbons (Fsp3) is 0.375. The molecule has 0 aliphatic heterocycles. The molecule has 110 valence electrons. The molecule has 4 N–H and O–H groups in total. The minimum absolute atomic E-state index is 0.0470. The van der Waals surface area contributed by atoms with Gasteiger partial charge < -0.3 is 11.1 Å². The lowest BCUT2D eigenvalue weighted by Crippen LogP contribution is -2.29. The normalized spacial score (nSPS) is 21.4. The van der Waals surface area contributed by atoms with E-state index >= 15 is 0 Å². The topological polar surface area (TPSA) is 83.8 Å². The van der Waals surface area contributed by atoms with Crippen molar-refractivity contribution < 1.29 is 4.79 Å². The van der Waals surface area contributed by atoms with Gasteiger partial charge in [0.05, 0.1) is 5.69 Å². The van der Waals surface area contributed by atoms with Crippen LogP contribution in [0.25, 0.3) is 11.3 Å². The van der Waals surface area contributed by atoms with Gasteiger partial charge in [-0.15, -0.1) is 0 Å². The molecule has 1 amide bonds. The Morgan fingerprint density at radius 1 is 1.38 bits per heavy atom. The zero-order valence-corrected chi connectivity index (χ0v) is 11.9. The Morgan fingerprint density at radius 2 is 2.29 bits per heavy atom. The number of benzene rings is 1. The molecule has 1 saturated carbocycles. The smallest absolute Gasteiger partial charge is 0.227 e. The van der Waals surface area contributed by atoms with Gasteiger partial charge in [-0.3, -0.25) is 9.89 Å². The Bertz CT molecular complexity index is 608. The summed E-state index contributed by atoms with van der Waals surface area (Å²) in [4.78, 5) is 12.4. The summed E-state index contributed by atoms with van der Waals surface area (Å²) in [5.74, 6) is 0.455. The number of aromatic nitrogens is 2. The minimum Gasteiger partial charge on any atom is -0.330 e. The summed E-state index contributed by atoms with van der Waals surface area (Å²) >= 11 is 0. The highest BCUT2D eigenvalue weighted by Crippen LogP contribution is 2.32. The molecular formula is C16H20N4O. The first kappa shape index (κ1) is 13.8. The first-order valence-electron chi connectivity index (χ1n) is 7.38. The Balaban J connectivity index is 1.73. The number of amides is 1. The molecule has 0 radical (unpaired) electrons. The van der Waals surface area contributed by atoms with Gasteiger partial charge in [-0.25, -0.2) is 0 Å². The van der Waals surface area contributed by atoms with Gasteiger partial charge in [0.25, 0.3) is 0 Å². The fourth-order valence-corrected chi connectivity index (χ4v) is 3.08. The number of hydrogen-bond donors (Lipinski definition) is 3. The van der Waals surface area contributed by atoms with Crippen LogP contribution in [0.15, 0.2) is 36.5 Å². The fourth-order valence-electron chi connectivity index (χ4n) is 3.08. The van der Waals surface area contributed by atoms with E-state index < -0.39 is 0 Å². The van der Waals surface area contributed by atoms with Gasteiger partial charge in [-0.2, -0.15) is 5.10 Å². The average Bonchev–Trinajstić information content (AvgIpc) is 3.18. The van der Waals surface area contributed by atoms with E-state index in [0.717, 1.165) is 36.2 Å². The number of carbonyl (C=O) groups excluding carboxylic acids is 1. The predicted molar refractivity (Wildman–Crippen MR) is 82.5 cm³/mol. The highest BCUT2D eigenvalue weighted by atomic mass is 16.1. The molecule has 2 atom stereocenters. The molecule has 5 heteroatoms. The standard InChI is InChI=1S/C16H20N4O/c17-10-12-4-2-6-14(12)16(21)19-13-5-1-3-11(9-13)15-7-8-18-20-15/h1,3,5,7-9,12,14H,2,4,6,10,17H2,(H,18,20)(H,19,21). The van der Waals surface area contributed by atoms with Crippen molar-refractivity contribution in [3.8, 4) is 11.3 Å². The Hall–Kier alpha value is -2.14. The molecule has 1 heterocycles. The van der Waals surface area contributed by atoms with E-state index in [-0.39, 0.29) is 11.8 Å². The highest BCUT2D eigenvalue weighted by Gasteiger charge is 2.31. The molecular weight excluding hydrogens is 264 g/mol. The van der Waals surface area contributed by atoms with E-state index in [9.17, 15) is 4.79 Å². The van der Waals surface area contributed by atoms with E-state index in [0.29, 0.717) is 12.5 Å². The van der Waals surface area contributed by atoms with Gasteiger partial charge in [0, 0.05) is 23.4 Å². The number of hydrogen-bond acceptors (Lipinski definition) is 3. The lowest BCUT2D eigenvalue weighted by molar-refractivity contribution is -0.120. The van der Waals surface area contributed by atoms with Crippen molar-refractivity contribution in [2.45, 2.75) is 19.3 Å². The summed E-state index contributed by atoms with van der Waals surface area (Å²) in [6, 6.07) is 9.69. The number of H-pyrrole nitrogens is 1. The van der Waals surface area contributed by atoms with Crippen LogP contribution in [0.5, 0.6) is 0 Å². The van der Waals surface area contributed by atoms with Gasteiger partial charge in [-0.1, -0.05) is 18.6 Å². The van der Waals surface area contributed by atoms with Gasteiger partial charge in [-0.05, 0) is 43.5 Å². The molecule has 0 bridgehead atoms. The van der Waals surface area contributed by atoms with E-state index in [2.05, 4.69) is 15.5 Å². The van der Waals surface area contributed by atoms with Crippen molar-refractivity contribution in [3.63, 3.8) is 0 Å². The number of carbonyl (C=O) groups is 1. The maximum atomic E-state index is 12.4. The number of aromatic amines is 1. The van der Waals surface area contributed by atoms with Crippen LogP contribution in [0, 0.1) is 11.8 Å². The van der Waals surface area contributed by atoms with Crippen LogP contribution < -0.4 is 11.1 Å². The third-order valence-corrected chi connectivity index (χ3v) is 4.24. The third kappa shape index (κ3) is 2.97. The van der Waals surface area contributed by atoms with Crippen molar-refractivity contribution in [3.05, 3.63) is 36.5 Å². The quantitative estimate of drug-likeness (QED) is 0.806. The van der Waals surface area contributed by atoms with E-state index in [1.165, 1.54) is 0 Å². The maximum absolute atomic E-state index is 12.4. The molecule has 1 aromatic heterocycles.